The maximum Gasteiger partial charge on any atom is 0.325 e. The van der Waals surface area contributed by atoms with Gasteiger partial charge in [0.25, 0.3) is 0 Å². The largest absolute Gasteiger partial charge is 0.480 e. The van der Waals surface area contributed by atoms with Gasteiger partial charge >= 0.3 is 5.97 Å². The lowest BCUT2D eigenvalue weighted by molar-refractivity contribution is -0.139. The van der Waals surface area contributed by atoms with E-state index in [9.17, 15) is 9.90 Å². The minimum Gasteiger partial charge on any atom is -0.480 e. The Balaban J connectivity index is 2.23. The van der Waals surface area contributed by atoms with E-state index in [1.54, 1.807) is 7.11 Å². The number of hydrogen-bond acceptors (Lipinski definition) is 3. The second-order valence-corrected chi connectivity index (χ2v) is 4.34. The minimum absolute atomic E-state index is 0.353. The summed E-state index contributed by atoms with van der Waals surface area (Å²) in [6, 6.07) is 7.24. The predicted octanol–water partition coefficient (Wildman–Crippen LogP) is 1.71. The molecule has 4 nitrogen and oxygen atoms in total. The summed E-state index contributed by atoms with van der Waals surface area (Å²) in [5, 5.41) is 12.4. The molecule has 1 unspecified atom stereocenters. The van der Waals surface area contributed by atoms with Gasteiger partial charge in [0.15, 0.2) is 0 Å². The highest BCUT2D eigenvalue weighted by Gasteiger charge is 2.30. The molecule has 92 valence electrons. The Morgan fingerprint density at radius 1 is 1.53 bits per heavy atom. The normalized spacial score (nSPS) is 16.8. The summed E-state index contributed by atoms with van der Waals surface area (Å²) in [4.78, 5) is 11.3. The third kappa shape index (κ3) is 3.05. The van der Waals surface area contributed by atoms with E-state index in [1.165, 1.54) is 0 Å². The molecule has 0 aromatic heterocycles. The topological polar surface area (TPSA) is 58.6 Å². The number of carbonyl (C=O) groups is 1. The molecule has 2 rings (SSSR count). The van der Waals surface area contributed by atoms with Crippen LogP contribution in [-0.4, -0.2) is 24.2 Å². The van der Waals surface area contributed by atoms with Crippen molar-refractivity contribution < 1.29 is 14.6 Å². The standard InChI is InChI=1S/C13H17NO3/c1-17-8-9-4-2-3-5-11(9)12(13(15)16)14-10-6-7-10/h2-5,10,12,14H,6-8H2,1H3,(H,15,16). The van der Waals surface area contributed by atoms with Crippen LogP contribution in [0.3, 0.4) is 0 Å². The predicted molar refractivity (Wildman–Crippen MR) is 63.7 cm³/mol. The number of rotatable bonds is 6. The molecule has 1 atom stereocenters. The Morgan fingerprint density at radius 3 is 2.82 bits per heavy atom. The van der Waals surface area contributed by atoms with E-state index in [0.29, 0.717) is 12.6 Å². The van der Waals surface area contributed by atoms with Crippen molar-refractivity contribution in [2.24, 2.45) is 0 Å². The van der Waals surface area contributed by atoms with Gasteiger partial charge in [-0.15, -0.1) is 0 Å². The van der Waals surface area contributed by atoms with Crippen LogP contribution in [0.1, 0.15) is 30.0 Å². The van der Waals surface area contributed by atoms with Gasteiger partial charge in [-0.05, 0) is 24.0 Å². The monoisotopic (exact) mass is 235 g/mol. The van der Waals surface area contributed by atoms with Crippen molar-refractivity contribution in [2.45, 2.75) is 31.5 Å². The summed E-state index contributed by atoms with van der Waals surface area (Å²) in [5.41, 5.74) is 1.73. The fourth-order valence-corrected chi connectivity index (χ4v) is 1.88. The van der Waals surface area contributed by atoms with Crippen molar-refractivity contribution in [3.8, 4) is 0 Å². The fourth-order valence-electron chi connectivity index (χ4n) is 1.88. The number of ether oxygens (including phenoxy) is 1. The average molecular weight is 235 g/mol. The van der Waals surface area contributed by atoms with E-state index in [4.69, 9.17) is 4.74 Å². The highest BCUT2D eigenvalue weighted by molar-refractivity contribution is 5.76. The second kappa shape index (κ2) is 5.29. The molecule has 1 fully saturated rings. The van der Waals surface area contributed by atoms with Gasteiger partial charge in [-0.2, -0.15) is 0 Å². The van der Waals surface area contributed by atoms with Gasteiger partial charge in [0.1, 0.15) is 6.04 Å². The number of carboxylic acids is 1. The zero-order chi connectivity index (χ0) is 12.3. The van der Waals surface area contributed by atoms with Gasteiger partial charge in [-0.3, -0.25) is 10.1 Å². The van der Waals surface area contributed by atoms with Crippen molar-refractivity contribution in [3.05, 3.63) is 35.4 Å². The number of aliphatic carboxylic acids is 1. The zero-order valence-corrected chi connectivity index (χ0v) is 9.85. The number of nitrogens with one attached hydrogen (secondary N) is 1. The van der Waals surface area contributed by atoms with Gasteiger partial charge in [0, 0.05) is 13.2 Å². The summed E-state index contributed by atoms with van der Waals surface area (Å²) >= 11 is 0. The molecule has 0 saturated heterocycles. The SMILES string of the molecule is COCc1ccccc1C(NC1CC1)C(=O)O. The average Bonchev–Trinajstić information content (AvgIpc) is 3.11. The van der Waals surface area contributed by atoms with Gasteiger partial charge in [0.2, 0.25) is 0 Å². The summed E-state index contributed by atoms with van der Waals surface area (Å²) in [6.45, 7) is 0.437. The molecule has 0 radical (unpaired) electrons. The lowest BCUT2D eigenvalue weighted by Gasteiger charge is -2.17. The zero-order valence-electron chi connectivity index (χ0n) is 9.85. The van der Waals surface area contributed by atoms with Gasteiger partial charge in [0.05, 0.1) is 6.61 Å². The number of hydrogen-bond donors (Lipinski definition) is 2. The van der Waals surface area contributed by atoms with E-state index in [1.807, 2.05) is 24.3 Å². The Morgan fingerprint density at radius 2 is 2.24 bits per heavy atom. The van der Waals surface area contributed by atoms with E-state index >= 15 is 0 Å². The van der Waals surface area contributed by atoms with Crippen LogP contribution in [0.4, 0.5) is 0 Å². The molecule has 0 spiro atoms. The molecule has 2 N–H and O–H groups in total. The quantitative estimate of drug-likeness (QED) is 0.788. The number of carboxylic acid groups (broad SMARTS) is 1. The molecule has 0 heterocycles. The highest BCUT2D eigenvalue weighted by Crippen LogP contribution is 2.26. The van der Waals surface area contributed by atoms with Crippen LogP contribution in [0, 0.1) is 0 Å². The van der Waals surface area contributed by atoms with Gasteiger partial charge in [-0.1, -0.05) is 24.3 Å². The van der Waals surface area contributed by atoms with E-state index < -0.39 is 12.0 Å². The van der Waals surface area contributed by atoms with Crippen molar-refractivity contribution in [3.63, 3.8) is 0 Å². The van der Waals surface area contributed by atoms with Crippen molar-refractivity contribution in [2.75, 3.05) is 7.11 Å². The lowest BCUT2D eigenvalue weighted by atomic mass is 10.0. The van der Waals surface area contributed by atoms with Crippen molar-refractivity contribution >= 4 is 5.97 Å². The van der Waals surface area contributed by atoms with Crippen LogP contribution in [0.25, 0.3) is 0 Å². The molecular weight excluding hydrogens is 218 g/mol. The third-order valence-electron chi connectivity index (χ3n) is 2.89. The molecule has 0 amide bonds. The first-order chi connectivity index (χ1) is 8.22. The molecule has 0 bridgehead atoms. The van der Waals surface area contributed by atoms with Crippen LogP contribution in [0.2, 0.25) is 0 Å². The molecule has 1 aliphatic carbocycles. The highest BCUT2D eigenvalue weighted by atomic mass is 16.5. The molecule has 0 aliphatic heterocycles. The number of benzene rings is 1. The Bertz CT molecular complexity index is 401. The minimum atomic E-state index is -0.833. The Labute approximate surface area is 101 Å². The van der Waals surface area contributed by atoms with E-state index in [0.717, 1.165) is 24.0 Å². The van der Waals surface area contributed by atoms with Crippen molar-refractivity contribution in [1.82, 2.24) is 5.32 Å². The van der Waals surface area contributed by atoms with Crippen LogP contribution in [-0.2, 0) is 16.1 Å². The van der Waals surface area contributed by atoms with Gasteiger partial charge < -0.3 is 9.84 Å². The smallest absolute Gasteiger partial charge is 0.325 e. The summed E-state index contributed by atoms with van der Waals surface area (Å²) in [6.07, 6.45) is 2.13. The molecule has 1 saturated carbocycles. The first-order valence-corrected chi connectivity index (χ1v) is 5.78. The van der Waals surface area contributed by atoms with Crippen LogP contribution < -0.4 is 5.32 Å². The fraction of sp³-hybridized carbons (Fsp3) is 0.462. The van der Waals surface area contributed by atoms with E-state index in [2.05, 4.69) is 5.32 Å². The van der Waals surface area contributed by atoms with E-state index in [-0.39, 0.29) is 0 Å². The maximum absolute atomic E-state index is 11.3. The maximum atomic E-state index is 11.3. The first-order valence-electron chi connectivity index (χ1n) is 5.78. The second-order valence-electron chi connectivity index (χ2n) is 4.34. The Kier molecular flexibility index (Phi) is 3.76. The molecule has 4 heteroatoms. The molecular formula is C13H17NO3. The number of methoxy groups -OCH3 is 1. The van der Waals surface area contributed by atoms with Crippen molar-refractivity contribution in [1.29, 1.82) is 0 Å². The summed E-state index contributed by atoms with van der Waals surface area (Å²) < 4.78 is 5.10. The molecule has 1 aromatic carbocycles. The van der Waals surface area contributed by atoms with Crippen LogP contribution in [0.5, 0.6) is 0 Å². The molecule has 17 heavy (non-hydrogen) atoms. The summed E-state index contributed by atoms with van der Waals surface area (Å²) in [5.74, 6) is -0.833. The summed E-state index contributed by atoms with van der Waals surface area (Å²) in [7, 11) is 1.61. The molecule has 1 aromatic rings. The molecule has 1 aliphatic rings. The Hall–Kier alpha value is -1.39. The third-order valence-corrected chi connectivity index (χ3v) is 2.89. The van der Waals surface area contributed by atoms with Crippen LogP contribution in [0.15, 0.2) is 24.3 Å². The first kappa shape index (κ1) is 12.1. The lowest BCUT2D eigenvalue weighted by Crippen LogP contribution is -2.31. The van der Waals surface area contributed by atoms with Gasteiger partial charge in [-0.25, -0.2) is 0 Å². The van der Waals surface area contributed by atoms with Crippen LogP contribution >= 0.6 is 0 Å².